The van der Waals surface area contributed by atoms with Crippen LogP contribution < -0.4 is 19.5 Å². The minimum atomic E-state index is -0.164. The SMILES string of the molecule is COc1cc2c(cc1NC(=O)CN1CCN(C(=O)c3ncc[nH]3)CC1)OCO2. The van der Waals surface area contributed by atoms with Gasteiger partial charge in [-0.1, -0.05) is 0 Å². The number of fused-ring (bicyclic) bond motifs is 1. The normalized spacial score (nSPS) is 16.1. The van der Waals surface area contributed by atoms with Crippen LogP contribution in [0.25, 0.3) is 0 Å². The number of carbonyl (C=O) groups excluding carboxylic acids is 2. The molecule has 0 saturated carbocycles. The summed E-state index contributed by atoms with van der Waals surface area (Å²) in [5.74, 6) is 1.71. The number of hydrogen-bond acceptors (Lipinski definition) is 7. The van der Waals surface area contributed by atoms with E-state index in [4.69, 9.17) is 14.2 Å². The summed E-state index contributed by atoms with van der Waals surface area (Å²) in [4.78, 5) is 35.3. The Balaban J connectivity index is 1.31. The van der Waals surface area contributed by atoms with Gasteiger partial charge < -0.3 is 29.4 Å². The number of hydrogen-bond donors (Lipinski definition) is 2. The van der Waals surface area contributed by atoms with Gasteiger partial charge in [-0.3, -0.25) is 14.5 Å². The van der Waals surface area contributed by atoms with E-state index < -0.39 is 0 Å². The van der Waals surface area contributed by atoms with Crippen LogP contribution in [-0.2, 0) is 4.79 Å². The van der Waals surface area contributed by atoms with Crippen LogP contribution in [0.3, 0.4) is 0 Å². The van der Waals surface area contributed by atoms with Gasteiger partial charge >= 0.3 is 0 Å². The van der Waals surface area contributed by atoms with Crippen molar-refractivity contribution in [1.29, 1.82) is 0 Å². The second-order valence-corrected chi connectivity index (χ2v) is 6.46. The third-order valence-electron chi connectivity index (χ3n) is 4.70. The van der Waals surface area contributed by atoms with Gasteiger partial charge in [-0.05, 0) is 0 Å². The molecule has 3 heterocycles. The van der Waals surface area contributed by atoms with Gasteiger partial charge in [0.1, 0.15) is 5.75 Å². The molecule has 2 aromatic rings. The number of imidazole rings is 1. The number of rotatable bonds is 5. The monoisotopic (exact) mass is 387 g/mol. The maximum absolute atomic E-state index is 12.5. The fraction of sp³-hybridized carbons (Fsp3) is 0.389. The van der Waals surface area contributed by atoms with E-state index in [1.165, 1.54) is 7.11 Å². The van der Waals surface area contributed by atoms with Gasteiger partial charge in [-0.15, -0.1) is 0 Å². The van der Waals surface area contributed by atoms with Crippen LogP contribution in [-0.4, -0.2) is 78.2 Å². The Kier molecular flexibility index (Phi) is 5.02. The lowest BCUT2D eigenvalue weighted by atomic mass is 10.2. The molecule has 2 N–H and O–H groups in total. The lowest BCUT2D eigenvalue weighted by Crippen LogP contribution is -2.50. The molecule has 2 amide bonds. The molecule has 2 aliphatic heterocycles. The largest absolute Gasteiger partial charge is 0.494 e. The lowest BCUT2D eigenvalue weighted by molar-refractivity contribution is -0.117. The predicted molar refractivity (Wildman–Crippen MR) is 98.7 cm³/mol. The number of aromatic amines is 1. The second kappa shape index (κ2) is 7.77. The van der Waals surface area contributed by atoms with Crippen LogP contribution in [0.2, 0.25) is 0 Å². The summed E-state index contributed by atoms with van der Waals surface area (Å²) >= 11 is 0. The molecule has 1 aromatic heterocycles. The zero-order chi connectivity index (χ0) is 19.5. The highest BCUT2D eigenvalue weighted by molar-refractivity contribution is 5.94. The van der Waals surface area contributed by atoms with Crippen molar-refractivity contribution in [3.8, 4) is 17.2 Å². The smallest absolute Gasteiger partial charge is 0.289 e. The van der Waals surface area contributed by atoms with Gasteiger partial charge in [-0.25, -0.2) is 4.98 Å². The van der Waals surface area contributed by atoms with Crippen LogP contribution >= 0.6 is 0 Å². The Morgan fingerprint density at radius 3 is 2.64 bits per heavy atom. The molecular weight excluding hydrogens is 366 g/mol. The first kappa shape index (κ1) is 18.1. The summed E-state index contributed by atoms with van der Waals surface area (Å²) in [6.45, 7) is 2.67. The highest BCUT2D eigenvalue weighted by Gasteiger charge is 2.25. The molecule has 0 bridgehead atoms. The van der Waals surface area contributed by atoms with Crippen molar-refractivity contribution in [3.63, 3.8) is 0 Å². The summed E-state index contributed by atoms with van der Waals surface area (Å²) in [7, 11) is 1.53. The van der Waals surface area contributed by atoms with Crippen molar-refractivity contribution in [2.75, 3.05) is 51.9 Å². The van der Waals surface area contributed by atoms with E-state index in [0.717, 1.165) is 0 Å². The van der Waals surface area contributed by atoms with Crippen LogP contribution in [0, 0.1) is 0 Å². The van der Waals surface area contributed by atoms with Crippen LogP contribution in [0.15, 0.2) is 24.5 Å². The first-order chi connectivity index (χ1) is 13.6. The van der Waals surface area contributed by atoms with Crippen molar-refractivity contribution in [3.05, 3.63) is 30.4 Å². The standard InChI is InChI=1S/C18H21N5O5/c1-26-13-9-15-14(27-11-28-15)8-12(13)21-16(24)10-22-4-6-23(7-5-22)18(25)17-19-2-3-20-17/h2-3,8-9H,4-7,10-11H2,1H3,(H,19,20)(H,21,24). The average molecular weight is 387 g/mol. The molecule has 4 rings (SSSR count). The van der Waals surface area contributed by atoms with E-state index in [2.05, 4.69) is 15.3 Å². The molecule has 0 atom stereocenters. The fourth-order valence-corrected chi connectivity index (χ4v) is 3.22. The summed E-state index contributed by atoms with van der Waals surface area (Å²) in [6.07, 6.45) is 3.18. The number of amides is 2. The summed E-state index contributed by atoms with van der Waals surface area (Å²) < 4.78 is 16.0. The Labute approximate surface area is 161 Å². The Bertz CT molecular complexity index is 862. The Morgan fingerprint density at radius 2 is 1.96 bits per heavy atom. The molecule has 10 heteroatoms. The maximum atomic E-state index is 12.5. The maximum Gasteiger partial charge on any atom is 0.289 e. The number of carbonyl (C=O) groups is 2. The molecule has 0 unspecified atom stereocenters. The molecule has 10 nitrogen and oxygen atoms in total. The lowest BCUT2D eigenvalue weighted by Gasteiger charge is -2.33. The number of nitrogens with zero attached hydrogens (tertiary/aromatic N) is 3. The van der Waals surface area contributed by atoms with Gasteiger partial charge in [0.15, 0.2) is 17.3 Å². The number of H-pyrrole nitrogens is 1. The zero-order valence-corrected chi connectivity index (χ0v) is 15.4. The molecular formula is C18H21N5O5. The van der Waals surface area contributed by atoms with E-state index in [1.54, 1.807) is 29.4 Å². The molecule has 28 heavy (non-hydrogen) atoms. The minimum Gasteiger partial charge on any atom is -0.494 e. The van der Waals surface area contributed by atoms with Crippen LogP contribution in [0.1, 0.15) is 10.6 Å². The molecule has 1 saturated heterocycles. The summed E-state index contributed by atoms with van der Waals surface area (Å²) in [5.41, 5.74) is 0.531. The first-order valence-corrected chi connectivity index (χ1v) is 8.92. The molecule has 0 aliphatic carbocycles. The highest BCUT2D eigenvalue weighted by atomic mass is 16.7. The molecule has 0 spiro atoms. The van der Waals surface area contributed by atoms with Gasteiger partial charge in [-0.2, -0.15) is 0 Å². The number of benzene rings is 1. The predicted octanol–water partition coefficient (Wildman–Crippen LogP) is 0.543. The summed E-state index contributed by atoms with van der Waals surface area (Å²) in [5, 5.41) is 2.86. The molecule has 1 aromatic carbocycles. The number of anilines is 1. The van der Waals surface area contributed by atoms with Crippen molar-refractivity contribution in [1.82, 2.24) is 19.8 Å². The van der Waals surface area contributed by atoms with Crippen LogP contribution in [0.4, 0.5) is 5.69 Å². The third kappa shape index (κ3) is 3.72. The van der Waals surface area contributed by atoms with Gasteiger partial charge in [0.05, 0.1) is 19.3 Å². The van der Waals surface area contributed by atoms with E-state index in [-0.39, 0.29) is 25.2 Å². The Morgan fingerprint density at radius 1 is 1.21 bits per heavy atom. The number of piperazine rings is 1. The number of methoxy groups -OCH3 is 1. The van der Waals surface area contributed by atoms with Gasteiger partial charge in [0.25, 0.3) is 5.91 Å². The van der Waals surface area contributed by atoms with Crippen molar-refractivity contribution >= 4 is 17.5 Å². The van der Waals surface area contributed by atoms with Gasteiger partial charge in [0.2, 0.25) is 12.7 Å². The average Bonchev–Trinajstić information content (AvgIpc) is 3.39. The van der Waals surface area contributed by atoms with Crippen molar-refractivity contribution in [2.45, 2.75) is 0 Å². The number of ether oxygens (including phenoxy) is 3. The molecule has 0 radical (unpaired) electrons. The first-order valence-electron chi connectivity index (χ1n) is 8.92. The third-order valence-corrected chi connectivity index (χ3v) is 4.70. The number of aromatic nitrogens is 2. The summed E-state index contributed by atoms with van der Waals surface area (Å²) in [6, 6.07) is 3.38. The van der Waals surface area contributed by atoms with E-state index in [9.17, 15) is 9.59 Å². The van der Waals surface area contributed by atoms with E-state index in [0.29, 0.717) is 54.9 Å². The molecule has 148 valence electrons. The second-order valence-electron chi connectivity index (χ2n) is 6.46. The molecule has 2 aliphatic rings. The van der Waals surface area contributed by atoms with Crippen LogP contribution in [0.5, 0.6) is 17.2 Å². The highest BCUT2D eigenvalue weighted by Crippen LogP contribution is 2.40. The topological polar surface area (TPSA) is 109 Å². The number of nitrogens with one attached hydrogen (secondary N) is 2. The van der Waals surface area contributed by atoms with Crippen molar-refractivity contribution in [2.24, 2.45) is 0 Å². The van der Waals surface area contributed by atoms with Crippen molar-refractivity contribution < 1.29 is 23.8 Å². The minimum absolute atomic E-state index is 0.126. The molecule has 1 fully saturated rings. The fourth-order valence-electron chi connectivity index (χ4n) is 3.22. The van der Waals surface area contributed by atoms with E-state index >= 15 is 0 Å². The van der Waals surface area contributed by atoms with E-state index in [1.807, 2.05) is 4.90 Å². The Hall–Kier alpha value is -3.27. The zero-order valence-electron chi connectivity index (χ0n) is 15.4. The quantitative estimate of drug-likeness (QED) is 0.771. The van der Waals surface area contributed by atoms with Gasteiger partial charge in [0, 0.05) is 50.7 Å².